The van der Waals surface area contributed by atoms with Crippen molar-refractivity contribution in [2.75, 3.05) is 13.1 Å². The van der Waals surface area contributed by atoms with Crippen LogP contribution in [-0.4, -0.2) is 36.1 Å². The van der Waals surface area contributed by atoms with Crippen molar-refractivity contribution in [3.8, 4) is 0 Å². The van der Waals surface area contributed by atoms with Crippen molar-refractivity contribution in [2.45, 2.75) is 84.3 Å². The molecule has 1 unspecified atom stereocenters. The average molecular weight is 240 g/mol. The van der Waals surface area contributed by atoms with Gasteiger partial charge in [0.15, 0.2) is 0 Å². The summed E-state index contributed by atoms with van der Waals surface area (Å²) < 4.78 is 0. The van der Waals surface area contributed by atoms with Gasteiger partial charge >= 0.3 is 0 Å². The molecule has 1 atom stereocenters. The van der Waals surface area contributed by atoms with Crippen LogP contribution in [0.2, 0.25) is 0 Å². The fourth-order valence-corrected chi connectivity index (χ4v) is 2.50. The van der Waals surface area contributed by atoms with Gasteiger partial charge in [-0.25, -0.2) is 0 Å². The Labute approximate surface area is 108 Å². The topological polar surface area (TPSA) is 15.3 Å². The van der Waals surface area contributed by atoms with Crippen LogP contribution in [0.15, 0.2) is 0 Å². The van der Waals surface area contributed by atoms with E-state index in [1.54, 1.807) is 0 Å². The molecule has 0 aromatic carbocycles. The van der Waals surface area contributed by atoms with E-state index in [1.807, 2.05) is 0 Å². The summed E-state index contributed by atoms with van der Waals surface area (Å²) in [6.45, 7) is 11.6. The van der Waals surface area contributed by atoms with Gasteiger partial charge in [0.25, 0.3) is 0 Å². The van der Waals surface area contributed by atoms with E-state index in [4.69, 9.17) is 0 Å². The van der Waals surface area contributed by atoms with Crippen LogP contribution in [-0.2, 0) is 0 Å². The third-order valence-corrected chi connectivity index (χ3v) is 3.64. The van der Waals surface area contributed by atoms with Gasteiger partial charge in [-0.2, -0.15) is 0 Å². The number of rotatable bonds is 10. The van der Waals surface area contributed by atoms with E-state index in [2.05, 4.69) is 37.9 Å². The predicted molar refractivity (Wildman–Crippen MR) is 76.5 cm³/mol. The summed E-state index contributed by atoms with van der Waals surface area (Å²) in [7, 11) is 0. The minimum atomic E-state index is 0.613. The standard InChI is InChI=1S/C15H32N2/c1-5-7-11-17(14-9-10-14)15(8-6-2)12-16-13(3)4/h13-16H,5-12H2,1-4H3. The number of hydrogen-bond donors (Lipinski definition) is 1. The van der Waals surface area contributed by atoms with Crippen LogP contribution < -0.4 is 5.32 Å². The van der Waals surface area contributed by atoms with Crippen LogP contribution in [0.1, 0.15) is 66.2 Å². The van der Waals surface area contributed by atoms with Crippen LogP contribution in [0.5, 0.6) is 0 Å². The zero-order valence-electron chi connectivity index (χ0n) is 12.3. The zero-order chi connectivity index (χ0) is 12.7. The van der Waals surface area contributed by atoms with Crippen molar-refractivity contribution in [2.24, 2.45) is 0 Å². The van der Waals surface area contributed by atoms with Crippen molar-refractivity contribution < 1.29 is 0 Å². The molecule has 0 radical (unpaired) electrons. The van der Waals surface area contributed by atoms with Gasteiger partial charge in [-0.05, 0) is 32.2 Å². The maximum atomic E-state index is 3.63. The van der Waals surface area contributed by atoms with Gasteiger partial charge in [0.2, 0.25) is 0 Å². The Hall–Kier alpha value is -0.0800. The fraction of sp³-hybridized carbons (Fsp3) is 1.00. The second-order valence-corrected chi connectivity index (χ2v) is 5.83. The Morgan fingerprint density at radius 1 is 1.18 bits per heavy atom. The Morgan fingerprint density at radius 2 is 1.88 bits per heavy atom. The predicted octanol–water partition coefficient (Wildman–Crippen LogP) is 3.42. The van der Waals surface area contributed by atoms with Gasteiger partial charge in [-0.1, -0.05) is 40.5 Å². The molecule has 0 amide bonds. The summed E-state index contributed by atoms with van der Waals surface area (Å²) in [6.07, 6.45) is 8.20. The van der Waals surface area contributed by atoms with Gasteiger partial charge in [0.05, 0.1) is 0 Å². The maximum Gasteiger partial charge on any atom is 0.0223 e. The summed E-state index contributed by atoms with van der Waals surface area (Å²) in [5.74, 6) is 0. The zero-order valence-corrected chi connectivity index (χ0v) is 12.3. The second-order valence-electron chi connectivity index (χ2n) is 5.83. The minimum absolute atomic E-state index is 0.613. The number of nitrogens with one attached hydrogen (secondary N) is 1. The van der Waals surface area contributed by atoms with Gasteiger partial charge in [-0.3, -0.25) is 4.90 Å². The number of unbranched alkanes of at least 4 members (excludes halogenated alkanes) is 1. The fourth-order valence-electron chi connectivity index (χ4n) is 2.50. The molecule has 2 heteroatoms. The van der Waals surface area contributed by atoms with Crippen LogP contribution in [0.4, 0.5) is 0 Å². The van der Waals surface area contributed by atoms with Crippen molar-refractivity contribution in [3.05, 3.63) is 0 Å². The minimum Gasteiger partial charge on any atom is -0.313 e. The molecule has 0 bridgehead atoms. The molecule has 102 valence electrons. The van der Waals surface area contributed by atoms with Crippen LogP contribution in [0, 0.1) is 0 Å². The quantitative estimate of drug-likeness (QED) is 0.629. The first-order chi connectivity index (χ1) is 8.19. The Balaban J connectivity index is 2.44. The van der Waals surface area contributed by atoms with Crippen LogP contribution in [0.25, 0.3) is 0 Å². The molecular formula is C15H32N2. The third-order valence-electron chi connectivity index (χ3n) is 3.64. The van der Waals surface area contributed by atoms with Crippen molar-refractivity contribution in [1.29, 1.82) is 0 Å². The molecule has 0 aromatic rings. The molecule has 17 heavy (non-hydrogen) atoms. The van der Waals surface area contributed by atoms with E-state index in [1.165, 1.54) is 51.6 Å². The molecule has 0 saturated heterocycles. The molecule has 1 aliphatic rings. The molecular weight excluding hydrogens is 208 g/mol. The van der Waals surface area contributed by atoms with Crippen molar-refractivity contribution in [1.82, 2.24) is 10.2 Å². The Kier molecular flexibility index (Phi) is 7.14. The molecule has 1 rings (SSSR count). The summed E-state index contributed by atoms with van der Waals surface area (Å²) in [6, 6.07) is 2.29. The molecule has 1 saturated carbocycles. The van der Waals surface area contributed by atoms with E-state index in [-0.39, 0.29) is 0 Å². The molecule has 0 heterocycles. The first-order valence-electron chi connectivity index (χ1n) is 7.68. The van der Waals surface area contributed by atoms with Crippen LogP contribution in [0.3, 0.4) is 0 Å². The second kappa shape index (κ2) is 8.10. The molecule has 0 aliphatic heterocycles. The van der Waals surface area contributed by atoms with E-state index >= 15 is 0 Å². The molecule has 1 aliphatic carbocycles. The van der Waals surface area contributed by atoms with E-state index in [0.717, 1.165) is 12.1 Å². The largest absolute Gasteiger partial charge is 0.313 e. The van der Waals surface area contributed by atoms with Crippen LogP contribution >= 0.6 is 0 Å². The molecule has 2 nitrogen and oxygen atoms in total. The number of hydrogen-bond acceptors (Lipinski definition) is 2. The van der Waals surface area contributed by atoms with Crippen molar-refractivity contribution >= 4 is 0 Å². The highest BCUT2D eigenvalue weighted by Crippen LogP contribution is 2.30. The maximum absolute atomic E-state index is 3.63. The first-order valence-corrected chi connectivity index (χ1v) is 7.68. The summed E-state index contributed by atoms with van der Waals surface area (Å²) >= 11 is 0. The van der Waals surface area contributed by atoms with Gasteiger partial charge in [-0.15, -0.1) is 0 Å². The smallest absolute Gasteiger partial charge is 0.0223 e. The first kappa shape index (κ1) is 15.0. The van der Waals surface area contributed by atoms with Gasteiger partial charge in [0.1, 0.15) is 0 Å². The highest BCUT2D eigenvalue weighted by atomic mass is 15.2. The lowest BCUT2D eigenvalue weighted by Gasteiger charge is -2.32. The van der Waals surface area contributed by atoms with E-state index in [0.29, 0.717) is 6.04 Å². The summed E-state index contributed by atoms with van der Waals surface area (Å²) in [5.41, 5.74) is 0. The van der Waals surface area contributed by atoms with E-state index in [9.17, 15) is 0 Å². The highest BCUT2D eigenvalue weighted by molar-refractivity contribution is 4.89. The van der Waals surface area contributed by atoms with E-state index < -0.39 is 0 Å². The van der Waals surface area contributed by atoms with Gasteiger partial charge in [0, 0.05) is 24.7 Å². The normalized spacial score (nSPS) is 18.0. The SMILES string of the molecule is CCCCN(C1CC1)C(CCC)CNC(C)C. The third kappa shape index (κ3) is 5.87. The Morgan fingerprint density at radius 3 is 2.35 bits per heavy atom. The lowest BCUT2D eigenvalue weighted by molar-refractivity contribution is 0.167. The molecule has 0 aromatic heterocycles. The molecule has 0 spiro atoms. The average Bonchev–Trinajstić information content (AvgIpc) is 3.10. The Bertz CT molecular complexity index is 187. The lowest BCUT2D eigenvalue weighted by Crippen LogP contribution is -2.45. The highest BCUT2D eigenvalue weighted by Gasteiger charge is 2.32. The van der Waals surface area contributed by atoms with Gasteiger partial charge < -0.3 is 5.32 Å². The lowest BCUT2D eigenvalue weighted by atomic mass is 10.1. The molecule has 1 fully saturated rings. The van der Waals surface area contributed by atoms with Crippen molar-refractivity contribution in [3.63, 3.8) is 0 Å². The summed E-state index contributed by atoms with van der Waals surface area (Å²) in [4.78, 5) is 2.79. The monoisotopic (exact) mass is 240 g/mol. The summed E-state index contributed by atoms with van der Waals surface area (Å²) in [5, 5.41) is 3.63. The molecule has 1 N–H and O–H groups in total. The number of nitrogens with zero attached hydrogens (tertiary/aromatic N) is 1.